The molecule has 18 heavy (non-hydrogen) atoms. The van der Waals surface area contributed by atoms with Gasteiger partial charge in [-0.15, -0.1) is 4.91 Å². The molecule has 0 aliphatic heterocycles. The average molecular weight is 250 g/mol. The summed E-state index contributed by atoms with van der Waals surface area (Å²) in [4.78, 5) is 23.6. The van der Waals surface area contributed by atoms with Crippen LogP contribution in [0, 0.1) is 4.91 Å². The molecular weight excluding hydrogens is 240 g/mol. The zero-order valence-electron chi connectivity index (χ0n) is 9.48. The summed E-state index contributed by atoms with van der Waals surface area (Å²) in [6.45, 7) is 1.31. The number of nitrogens with zero attached hydrogens (tertiary/aromatic N) is 4. The lowest BCUT2D eigenvalue weighted by Gasteiger charge is -2.13. The van der Waals surface area contributed by atoms with Gasteiger partial charge in [-0.1, -0.05) is 5.11 Å². The molecule has 8 heteroatoms. The Hall–Kier alpha value is -2.60. The SMILES string of the molecule is CC(Oc1ccc(N=O)cc1CN=[N+]=[N-])C(=O)O. The summed E-state index contributed by atoms with van der Waals surface area (Å²) in [5.41, 5.74) is 8.80. The van der Waals surface area contributed by atoms with E-state index in [9.17, 15) is 9.70 Å². The van der Waals surface area contributed by atoms with E-state index in [-0.39, 0.29) is 18.0 Å². The molecule has 0 heterocycles. The van der Waals surface area contributed by atoms with Crippen molar-refractivity contribution in [2.24, 2.45) is 10.3 Å². The Balaban J connectivity index is 3.04. The summed E-state index contributed by atoms with van der Waals surface area (Å²) < 4.78 is 5.18. The lowest BCUT2D eigenvalue weighted by atomic mass is 10.2. The maximum atomic E-state index is 10.7. The second kappa shape index (κ2) is 6.21. The van der Waals surface area contributed by atoms with Crippen molar-refractivity contribution < 1.29 is 14.6 Å². The third kappa shape index (κ3) is 3.46. The van der Waals surface area contributed by atoms with Gasteiger partial charge in [0.1, 0.15) is 11.4 Å². The van der Waals surface area contributed by atoms with Crippen LogP contribution in [0.1, 0.15) is 12.5 Å². The Morgan fingerprint density at radius 2 is 2.33 bits per heavy atom. The smallest absolute Gasteiger partial charge is 0.344 e. The van der Waals surface area contributed by atoms with Crippen LogP contribution >= 0.6 is 0 Å². The molecule has 0 radical (unpaired) electrons. The highest BCUT2D eigenvalue weighted by atomic mass is 16.5. The highest BCUT2D eigenvalue weighted by molar-refractivity contribution is 5.72. The Morgan fingerprint density at radius 1 is 1.61 bits per heavy atom. The van der Waals surface area contributed by atoms with Crippen molar-refractivity contribution in [2.45, 2.75) is 19.6 Å². The zero-order chi connectivity index (χ0) is 13.5. The van der Waals surface area contributed by atoms with Gasteiger partial charge in [0.2, 0.25) is 0 Å². The number of hydrogen-bond acceptors (Lipinski definition) is 5. The van der Waals surface area contributed by atoms with Gasteiger partial charge in [0.15, 0.2) is 6.10 Å². The van der Waals surface area contributed by atoms with Crippen molar-refractivity contribution in [2.75, 3.05) is 0 Å². The summed E-state index contributed by atoms with van der Waals surface area (Å²) >= 11 is 0. The van der Waals surface area contributed by atoms with Gasteiger partial charge in [-0.3, -0.25) is 0 Å². The first-order valence-electron chi connectivity index (χ1n) is 4.95. The molecule has 0 aliphatic carbocycles. The van der Waals surface area contributed by atoms with Crippen molar-refractivity contribution in [3.63, 3.8) is 0 Å². The van der Waals surface area contributed by atoms with Crippen LogP contribution in [0.3, 0.4) is 0 Å². The van der Waals surface area contributed by atoms with Crippen LogP contribution in [0.5, 0.6) is 5.75 Å². The number of rotatable bonds is 6. The van der Waals surface area contributed by atoms with Crippen LogP contribution in [0.15, 0.2) is 28.5 Å². The standard InChI is InChI=1S/C10H10N4O4/c1-6(10(15)16)18-9-3-2-8(13-17)4-7(9)5-12-14-11/h2-4,6H,5H2,1H3,(H,15,16). The Labute approximate surface area is 102 Å². The molecule has 0 spiro atoms. The van der Waals surface area contributed by atoms with Gasteiger partial charge in [-0.2, -0.15) is 0 Å². The minimum Gasteiger partial charge on any atom is -0.479 e. The minimum absolute atomic E-state index is 0.0540. The van der Waals surface area contributed by atoms with E-state index in [0.29, 0.717) is 5.56 Å². The molecule has 1 unspecified atom stereocenters. The number of carboxylic acid groups (broad SMARTS) is 1. The van der Waals surface area contributed by atoms with Crippen LogP contribution in [-0.2, 0) is 11.3 Å². The fourth-order valence-corrected chi connectivity index (χ4v) is 1.21. The topological polar surface area (TPSA) is 125 Å². The minimum atomic E-state index is -1.12. The van der Waals surface area contributed by atoms with Crippen LogP contribution in [0.4, 0.5) is 5.69 Å². The molecule has 1 N–H and O–H groups in total. The predicted molar refractivity (Wildman–Crippen MR) is 62.5 cm³/mol. The predicted octanol–water partition coefficient (Wildman–Crippen LogP) is 2.75. The maximum Gasteiger partial charge on any atom is 0.344 e. The first-order chi connectivity index (χ1) is 8.58. The molecule has 1 aromatic carbocycles. The Bertz CT molecular complexity index is 511. The molecule has 94 valence electrons. The number of hydrogen-bond donors (Lipinski definition) is 1. The first kappa shape index (κ1) is 13.5. The van der Waals surface area contributed by atoms with Crippen LogP contribution in [-0.4, -0.2) is 17.2 Å². The number of benzene rings is 1. The number of azide groups is 1. The molecule has 0 saturated carbocycles. The first-order valence-corrected chi connectivity index (χ1v) is 4.95. The maximum absolute atomic E-state index is 10.7. The molecular formula is C10H10N4O4. The van der Waals surface area contributed by atoms with Gasteiger partial charge in [0.25, 0.3) is 0 Å². The number of aliphatic carboxylic acids is 1. The summed E-state index contributed by atoms with van der Waals surface area (Å²) in [5.74, 6) is -0.882. The molecule has 1 rings (SSSR count). The normalized spacial score (nSPS) is 11.2. The third-order valence-electron chi connectivity index (χ3n) is 2.11. The molecule has 1 atom stereocenters. The van der Waals surface area contributed by atoms with E-state index >= 15 is 0 Å². The van der Waals surface area contributed by atoms with E-state index in [2.05, 4.69) is 15.2 Å². The highest BCUT2D eigenvalue weighted by Crippen LogP contribution is 2.26. The quantitative estimate of drug-likeness (QED) is 0.360. The van der Waals surface area contributed by atoms with Crippen molar-refractivity contribution >= 4 is 11.7 Å². The largest absolute Gasteiger partial charge is 0.479 e. The zero-order valence-corrected chi connectivity index (χ0v) is 9.48. The van der Waals surface area contributed by atoms with Crippen molar-refractivity contribution in [1.29, 1.82) is 0 Å². The highest BCUT2D eigenvalue weighted by Gasteiger charge is 2.15. The molecule has 0 saturated heterocycles. The summed E-state index contributed by atoms with van der Waals surface area (Å²) in [7, 11) is 0. The van der Waals surface area contributed by atoms with Gasteiger partial charge in [-0.05, 0) is 35.8 Å². The second-order valence-electron chi connectivity index (χ2n) is 3.37. The second-order valence-corrected chi connectivity index (χ2v) is 3.37. The number of carbonyl (C=O) groups is 1. The molecule has 0 bridgehead atoms. The summed E-state index contributed by atoms with van der Waals surface area (Å²) in [6.07, 6.45) is -1.05. The van der Waals surface area contributed by atoms with Crippen molar-refractivity contribution in [3.8, 4) is 5.75 Å². The molecule has 8 nitrogen and oxygen atoms in total. The van der Waals surface area contributed by atoms with Gasteiger partial charge in [-0.25, -0.2) is 4.79 Å². The lowest BCUT2D eigenvalue weighted by molar-refractivity contribution is -0.144. The van der Waals surface area contributed by atoms with Crippen molar-refractivity contribution in [1.82, 2.24) is 0 Å². The number of ether oxygens (including phenoxy) is 1. The van der Waals surface area contributed by atoms with Gasteiger partial charge < -0.3 is 9.84 Å². The molecule has 1 aromatic rings. The Kier molecular flexibility index (Phi) is 4.65. The fraction of sp³-hybridized carbons (Fsp3) is 0.300. The monoisotopic (exact) mass is 250 g/mol. The Morgan fingerprint density at radius 3 is 2.89 bits per heavy atom. The fourth-order valence-electron chi connectivity index (χ4n) is 1.21. The van der Waals surface area contributed by atoms with E-state index in [1.807, 2.05) is 0 Å². The molecule has 0 amide bonds. The van der Waals surface area contributed by atoms with E-state index in [0.717, 1.165) is 0 Å². The third-order valence-corrected chi connectivity index (χ3v) is 2.11. The average Bonchev–Trinajstić information content (AvgIpc) is 2.37. The summed E-state index contributed by atoms with van der Waals surface area (Å²) in [5, 5.41) is 14.8. The van der Waals surface area contributed by atoms with E-state index in [1.165, 1.54) is 25.1 Å². The molecule has 0 fully saturated rings. The van der Waals surface area contributed by atoms with Crippen molar-refractivity contribution in [3.05, 3.63) is 39.1 Å². The van der Waals surface area contributed by atoms with Gasteiger partial charge in [0.05, 0.1) is 6.54 Å². The van der Waals surface area contributed by atoms with E-state index in [4.69, 9.17) is 15.4 Å². The number of nitroso groups, excluding NO2 is 1. The molecule has 0 aliphatic rings. The molecule has 0 aromatic heterocycles. The van der Waals surface area contributed by atoms with Crippen LogP contribution < -0.4 is 4.74 Å². The van der Waals surface area contributed by atoms with Crippen LogP contribution in [0.25, 0.3) is 10.4 Å². The van der Waals surface area contributed by atoms with E-state index < -0.39 is 12.1 Å². The van der Waals surface area contributed by atoms with Gasteiger partial charge >= 0.3 is 5.97 Å². The summed E-state index contributed by atoms with van der Waals surface area (Å²) in [6, 6.07) is 4.18. The van der Waals surface area contributed by atoms with Gasteiger partial charge in [0, 0.05) is 10.5 Å². The number of carboxylic acids is 1. The van der Waals surface area contributed by atoms with E-state index in [1.54, 1.807) is 0 Å². The lowest BCUT2D eigenvalue weighted by Crippen LogP contribution is -2.23. The van der Waals surface area contributed by atoms with Crippen LogP contribution in [0.2, 0.25) is 0 Å².